The Kier molecular flexibility index (Phi) is 7.12. The molecule has 1 heterocycles. The largest absolute Gasteiger partial charge is 0.497 e. The van der Waals surface area contributed by atoms with Crippen LogP contribution >= 0.6 is 0 Å². The molecule has 1 aromatic carbocycles. The van der Waals surface area contributed by atoms with Gasteiger partial charge in [0.1, 0.15) is 17.1 Å². The lowest BCUT2D eigenvalue weighted by Crippen LogP contribution is -2.56. The van der Waals surface area contributed by atoms with Gasteiger partial charge < -0.3 is 19.5 Å². The van der Waals surface area contributed by atoms with Gasteiger partial charge in [0.15, 0.2) is 0 Å². The lowest BCUT2D eigenvalue weighted by Gasteiger charge is -2.37. The van der Waals surface area contributed by atoms with E-state index in [9.17, 15) is 4.79 Å². The molecule has 1 aliphatic rings. The summed E-state index contributed by atoms with van der Waals surface area (Å²) in [5, 5.41) is 3.56. The second kappa shape index (κ2) is 8.97. The molecular formula is C22H34N2O4. The minimum Gasteiger partial charge on any atom is -0.497 e. The highest BCUT2D eigenvalue weighted by atomic mass is 16.6. The predicted octanol–water partition coefficient (Wildman–Crippen LogP) is 4.10. The maximum atomic E-state index is 12.9. The normalized spacial score (nSPS) is 19.9. The molecule has 1 amide bonds. The summed E-state index contributed by atoms with van der Waals surface area (Å²) in [7, 11) is 1.65. The molecule has 0 aromatic heterocycles. The minimum absolute atomic E-state index is 0.00565. The van der Waals surface area contributed by atoms with E-state index < -0.39 is 11.3 Å². The number of hydrogen-bond acceptors (Lipinski definition) is 5. The van der Waals surface area contributed by atoms with E-state index >= 15 is 0 Å². The summed E-state index contributed by atoms with van der Waals surface area (Å²) in [6.45, 7) is 14.4. The fourth-order valence-electron chi connectivity index (χ4n) is 3.34. The topological polar surface area (TPSA) is 60.0 Å². The van der Waals surface area contributed by atoms with Crippen molar-refractivity contribution in [2.24, 2.45) is 0 Å². The molecule has 0 bridgehead atoms. The molecule has 0 radical (unpaired) electrons. The molecule has 1 fully saturated rings. The van der Waals surface area contributed by atoms with E-state index in [2.05, 4.69) is 11.9 Å². The monoisotopic (exact) mass is 390 g/mol. The van der Waals surface area contributed by atoms with Crippen molar-refractivity contribution in [3.63, 3.8) is 0 Å². The highest BCUT2D eigenvalue weighted by Gasteiger charge is 2.48. The molecule has 1 saturated heterocycles. The van der Waals surface area contributed by atoms with Crippen molar-refractivity contribution in [2.45, 2.75) is 71.0 Å². The highest BCUT2D eigenvalue weighted by molar-refractivity contribution is 5.70. The Morgan fingerprint density at radius 2 is 2.04 bits per heavy atom. The Morgan fingerprint density at radius 3 is 2.57 bits per heavy atom. The molecule has 0 saturated carbocycles. The number of ether oxygens (including phenoxy) is 3. The number of carbonyl (C=O) groups is 1. The van der Waals surface area contributed by atoms with E-state index in [1.807, 2.05) is 65.0 Å². The zero-order valence-electron chi connectivity index (χ0n) is 18.0. The number of nitrogens with one attached hydrogen (secondary N) is 1. The lowest BCUT2D eigenvalue weighted by atomic mass is 10.0. The van der Waals surface area contributed by atoms with Crippen LogP contribution in [0.2, 0.25) is 0 Å². The van der Waals surface area contributed by atoms with E-state index in [-0.39, 0.29) is 18.2 Å². The SMILES string of the molecule is C=CC[C@H](NCc1ccc(OC)cc1)[C@@H]1COC(C)(C)N1C(=O)OC(C)(C)C. The summed E-state index contributed by atoms with van der Waals surface area (Å²) in [5.74, 6) is 0.827. The number of carbonyl (C=O) groups excluding carboxylic acids is 1. The molecule has 2 atom stereocenters. The van der Waals surface area contributed by atoms with Gasteiger partial charge in [-0.25, -0.2) is 4.79 Å². The van der Waals surface area contributed by atoms with Gasteiger partial charge in [-0.15, -0.1) is 6.58 Å². The summed E-state index contributed by atoms with van der Waals surface area (Å²) in [6, 6.07) is 7.77. The van der Waals surface area contributed by atoms with Crippen molar-refractivity contribution in [1.82, 2.24) is 10.2 Å². The van der Waals surface area contributed by atoms with Crippen molar-refractivity contribution in [3.05, 3.63) is 42.5 Å². The van der Waals surface area contributed by atoms with E-state index in [1.165, 1.54) is 0 Å². The zero-order chi connectivity index (χ0) is 20.9. The van der Waals surface area contributed by atoms with Gasteiger partial charge in [0.05, 0.1) is 19.8 Å². The van der Waals surface area contributed by atoms with Gasteiger partial charge in [0.2, 0.25) is 0 Å². The summed E-state index contributed by atoms with van der Waals surface area (Å²) in [5.41, 5.74) is -0.157. The van der Waals surface area contributed by atoms with Crippen LogP contribution in [0.15, 0.2) is 36.9 Å². The van der Waals surface area contributed by atoms with Gasteiger partial charge in [0.25, 0.3) is 0 Å². The molecular weight excluding hydrogens is 356 g/mol. The molecule has 28 heavy (non-hydrogen) atoms. The summed E-state index contributed by atoms with van der Waals surface area (Å²) < 4.78 is 16.8. The first-order chi connectivity index (χ1) is 13.1. The Morgan fingerprint density at radius 1 is 1.39 bits per heavy atom. The molecule has 0 unspecified atom stereocenters. The van der Waals surface area contributed by atoms with Crippen LogP contribution in [-0.2, 0) is 16.0 Å². The van der Waals surface area contributed by atoms with Crippen molar-refractivity contribution in [3.8, 4) is 5.75 Å². The van der Waals surface area contributed by atoms with Crippen molar-refractivity contribution in [1.29, 1.82) is 0 Å². The first kappa shape index (κ1) is 22.2. The van der Waals surface area contributed by atoms with Gasteiger partial charge in [0, 0.05) is 12.6 Å². The van der Waals surface area contributed by atoms with Crippen LogP contribution in [-0.4, -0.2) is 48.1 Å². The molecule has 156 valence electrons. The van der Waals surface area contributed by atoms with Gasteiger partial charge in [-0.05, 0) is 58.7 Å². The molecule has 0 aliphatic carbocycles. The molecule has 6 heteroatoms. The summed E-state index contributed by atoms with van der Waals surface area (Å²) >= 11 is 0. The quantitative estimate of drug-likeness (QED) is 0.710. The molecule has 0 spiro atoms. The first-order valence-electron chi connectivity index (χ1n) is 9.71. The molecule has 2 rings (SSSR count). The fraction of sp³-hybridized carbons (Fsp3) is 0.591. The second-order valence-electron chi connectivity index (χ2n) is 8.54. The van der Waals surface area contributed by atoms with Crippen LogP contribution in [0.4, 0.5) is 4.79 Å². The van der Waals surface area contributed by atoms with E-state index in [1.54, 1.807) is 12.0 Å². The van der Waals surface area contributed by atoms with Crippen LogP contribution in [0.1, 0.15) is 46.6 Å². The smallest absolute Gasteiger partial charge is 0.412 e. The average Bonchev–Trinajstić information content (AvgIpc) is 2.92. The van der Waals surface area contributed by atoms with Crippen molar-refractivity contribution < 1.29 is 19.0 Å². The van der Waals surface area contributed by atoms with E-state index in [4.69, 9.17) is 14.2 Å². The number of hydrogen-bond donors (Lipinski definition) is 1. The number of rotatable bonds is 7. The third-order valence-electron chi connectivity index (χ3n) is 4.72. The number of amides is 1. The average molecular weight is 391 g/mol. The standard InChI is InChI=1S/C22H34N2O4/c1-8-9-18(23-14-16-10-12-17(26-7)13-11-16)19-15-27-22(5,6)24(19)20(25)28-21(2,3)4/h8,10-13,18-19,23H,1,9,14-15H2,2-7H3/t18-,19-/m0/s1. The summed E-state index contributed by atoms with van der Waals surface area (Å²) in [6.07, 6.45) is 2.21. The zero-order valence-corrected chi connectivity index (χ0v) is 18.0. The number of benzene rings is 1. The van der Waals surface area contributed by atoms with Crippen LogP contribution < -0.4 is 10.1 Å². The number of methoxy groups -OCH3 is 1. The molecule has 1 aromatic rings. The third-order valence-corrected chi connectivity index (χ3v) is 4.72. The van der Waals surface area contributed by atoms with Crippen molar-refractivity contribution in [2.75, 3.05) is 13.7 Å². The van der Waals surface area contributed by atoms with Gasteiger partial charge in [-0.2, -0.15) is 0 Å². The van der Waals surface area contributed by atoms with Crippen LogP contribution in [0.5, 0.6) is 5.75 Å². The Labute approximate surface area is 168 Å². The third kappa shape index (κ3) is 5.72. The van der Waals surface area contributed by atoms with E-state index in [0.29, 0.717) is 19.6 Å². The highest BCUT2D eigenvalue weighted by Crippen LogP contribution is 2.32. The molecule has 1 aliphatic heterocycles. The van der Waals surface area contributed by atoms with Gasteiger partial charge in [-0.1, -0.05) is 18.2 Å². The Hall–Kier alpha value is -2.05. The predicted molar refractivity (Wildman–Crippen MR) is 110 cm³/mol. The summed E-state index contributed by atoms with van der Waals surface area (Å²) in [4.78, 5) is 14.6. The first-order valence-corrected chi connectivity index (χ1v) is 9.71. The van der Waals surface area contributed by atoms with Gasteiger partial charge in [-0.3, -0.25) is 4.90 Å². The number of nitrogens with zero attached hydrogens (tertiary/aromatic N) is 1. The van der Waals surface area contributed by atoms with E-state index in [0.717, 1.165) is 11.3 Å². The Bertz CT molecular complexity index is 664. The molecule has 6 nitrogen and oxygen atoms in total. The van der Waals surface area contributed by atoms with Crippen LogP contribution in [0.25, 0.3) is 0 Å². The second-order valence-corrected chi connectivity index (χ2v) is 8.54. The van der Waals surface area contributed by atoms with Crippen LogP contribution in [0.3, 0.4) is 0 Å². The van der Waals surface area contributed by atoms with Gasteiger partial charge >= 0.3 is 6.09 Å². The molecule has 1 N–H and O–H groups in total. The maximum absolute atomic E-state index is 12.9. The Balaban J connectivity index is 2.14. The van der Waals surface area contributed by atoms with Crippen molar-refractivity contribution >= 4 is 6.09 Å². The maximum Gasteiger partial charge on any atom is 0.412 e. The minimum atomic E-state index is -0.728. The fourth-order valence-corrected chi connectivity index (χ4v) is 3.34. The van der Waals surface area contributed by atoms with Crippen LogP contribution in [0, 0.1) is 0 Å². The lowest BCUT2D eigenvalue weighted by molar-refractivity contribution is -0.0636.